The lowest BCUT2D eigenvalue weighted by Gasteiger charge is -2.24. The summed E-state index contributed by atoms with van der Waals surface area (Å²) in [6.07, 6.45) is 5.15. The normalized spacial score (nSPS) is 17.8. The summed E-state index contributed by atoms with van der Waals surface area (Å²) in [6, 6.07) is 9.56. The Bertz CT molecular complexity index is 400. The van der Waals surface area contributed by atoms with E-state index < -0.39 is 0 Å². The second kappa shape index (κ2) is 7.68. The van der Waals surface area contributed by atoms with Crippen molar-refractivity contribution in [1.82, 2.24) is 5.32 Å². The summed E-state index contributed by atoms with van der Waals surface area (Å²) in [5.41, 5.74) is 3.00. The Morgan fingerprint density at radius 1 is 1.20 bits per heavy atom. The molecular weight excluding hydrogens is 244 g/mol. The van der Waals surface area contributed by atoms with Crippen LogP contribution in [0.4, 0.5) is 5.69 Å². The summed E-state index contributed by atoms with van der Waals surface area (Å²) in [7, 11) is 0. The van der Waals surface area contributed by atoms with E-state index in [0.717, 1.165) is 12.5 Å². The van der Waals surface area contributed by atoms with E-state index in [1.54, 1.807) is 0 Å². The molecule has 20 heavy (non-hydrogen) atoms. The zero-order valence-corrected chi connectivity index (χ0v) is 13.4. The van der Waals surface area contributed by atoms with Crippen LogP contribution in [0.1, 0.15) is 45.6 Å². The van der Waals surface area contributed by atoms with Gasteiger partial charge in [0.2, 0.25) is 0 Å². The first-order chi connectivity index (χ1) is 9.68. The van der Waals surface area contributed by atoms with Crippen molar-refractivity contribution in [3.8, 4) is 0 Å². The first kappa shape index (κ1) is 15.4. The van der Waals surface area contributed by atoms with Crippen LogP contribution in [-0.4, -0.2) is 25.7 Å². The summed E-state index contributed by atoms with van der Waals surface area (Å²) in [5, 5.41) is 3.52. The van der Waals surface area contributed by atoms with E-state index >= 15 is 0 Å². The van der Waals surface area contributed by atoms with Gasteiger partial charge in [0.25, 0.3) is 0 Å². The molecular formula is C18H30N2. The number of unbranched alkanes of at least 4 members (excludes halogenated alkanes) is 2. The van der Waals surface area contributed by atoms with Gasteiger partial charge in [0.05, 0.1) is 0 Å². The molecule has 1 aliphatic heterocycles. The molecule has 0 spiro atoms. The van der Waals surface area contributed by atoms with Gasteiger partial charge in [-0.2, -0.15) is 0 Å². The maximum Gasteiger partial charge on any atom is 0.0402 e. The van der Waals surface area contributed by atoms with E-state index in [1.807, 2.05) is 0 Å². The van der Waals surface area contributed by atoms with E-state index in [2.05, 4.69) is 55.3 Å². The molecule has 1 heterocycles. The number of nitrogens with zero attached hydrogens (tertiary/aromatic N) is 1. The summed E-state index contributed by atoms with van der Waals surface area (Å²) >= 11 is 0. The van der Waals surface area contributed by atoms with E-state index in [1.165, 1.54) is 50.0 Å². The summed E-state index contributed by atoms with van der Waals surface area (Å²) in [6.45, 7) is 10.4. The minimum absolute atomic E-state index is 0.673. The number of rotatable bonds is 8. The second-order valence-corrected chi connectivity index (χ2v) is 6.53. The van der Waals surface area contributed by atoms with Crippen LogP contribution in [-0.2, 0) is 6.42 Å². The number of hydrogen-bond acceptors (Lipinski definition) is 2. The van der Waals surface area contributed by atoms with Gasteiger partial charge in [-0.3, -0.25) is 0 Å². The van der Waals surface area contributed by atoms with Crippen molar-refractivity contribution in [3.05, 3.63) is 29.8 Å². The molecule has 1 aromatic carbocycles. The molecule has 0 fully saturated rings. The van der Waals surface area contributed by atoms with Gasteiger partial charge in [-0.1, -0.05) is 38.5 Å². The topological polar surface area (TPSA) is 15.3 Å². The van der Waals surface area contributed by atoms with Gasteiger partial charge < -0.3 is 10.2 Å². The fourth-order valence-electron chi connectivity index (χ4n) is 3.07. The van der Waals surface area contributed by atoms with Crippen LogP contribution in [0.15, 0.2) is 24.3 Å². The molecule has 0 bridgehead atoms. The molecule has 112 valence electrons. The lowest BCUT2D eigenvalue weighted by atomic mass is 10.1. The second-order valence-electron chi connectivity index (χ2n) is 6.53. The highest BCUT2D eigenvalue weighted by molar-refractivity contribution is 5.59. The number of hydrogen-bond donors (Lipinski definition) is 1. The molecule has 0 aromatic heterocycles. The zero-order chi connectivity index (χ0) is 14.4. The first-order valence-corrected chi connectivity index (χ1v) is 8.23. The minimum atomic E-state index is 0.673. The van der Waals surface area contributed by atoms with Crippen molar-refractivity contribution in [3.63, 3.8) is 0 Å². The predicted molar refractivity (Wildman–Crippen MR) is 88.5 cm³/mol. The number of nitrogens with one attached hydrogen (secondary N) is 1. The third-order valence-corrected chi connectivity index (χ3v) is 4.15. The highest BCUT2D eigenvalue weighted by atomic mass is 15.2. The molecule has 0 aliphatic carbocycles. The van der Waals surface area contributed by atoms with E-state index in [9.17, 15) is 0 Å². The summed E-state index contributed by atoms with van der Waals surface area (Å²) in [4.78, 5) is 2.59. The third-order valence-electron chi connectivity index (χ3n) is 4.15. The Balaban J connectivity index is 1.65. The maximum absolute atomic E-state index is 3.52. The average Bonchev–Trinajstić information content (AvgIpc) is 2.73. The van der Waals surface area contributed by atoms with Crippen LogP contribution >= 0.6 is 0 Å². The number of fused-ring (bicyclic) bond motifs is 1. The molecule has 1 N–H and O–H groups in total. The highest BCUT2D eigenvalue weighted by Crippen LogP contribution is 2.31. The summed E-state index contributed by atoms with van der Waals surface area (Å²) < 4.78 is 0. The van der Waals surface area contributed by atoms with Crippen molar-refractivity contribution in [2.75, 3.05) is 24.5 Å². The van der Waals surface area contributed by atoms with Crippen LogP contribution in [0.3, 0.4) is 0 Å². The number of benzene rings is 1. The van der Waals surface area contributed by atoms with Crippen molar-refractivity contribution in [2.45, 2.75) is 52.5 Å². The fourth-order valence-corrected chi connectivity index (χ4v) is 3.07. The molecule has 1 atom stereocenters. The zero-order valence-electron chi connectivity index (χ0n) is 13.4. The van der Waals surface area contributed by atoms with Gasteiger partial charge in [-0.25, -0.2) is 0 Å². The molecule has 1 aliphatic rings. The Kier molecular flexibility index (Phi) is 5.90. The minimum Gasteiger partial charge on any atom is -0.368 e. The van der Waals surface area contributed by atoms with E-state index in [0.29, 0.717) is 6.04 Å². The van der Waals surface area contributed by atoms with Crippen LogP contribution in [0.5, 0.6) is 0 Å². The van der Waals surface area contributed by atoms with Crippen LogP contribution in [0.2, 0.25) is 0 Å². The average molecular weight is 274 g/mol. The molecule has 1 unspecified atom stereocenters. The lowest BCUT2D eigenvalue weighted by Crippen LogP contribution is -2.30. The van der Waals surface area contributed by atoms with Crippen LogP contribution < -0.4 is 10.2 Å². The Morgan fingerprint density at radius 3 is 2.80 bits per heavy atom. The lowest BCUT2D eigenvalue weighted by molar-refractivity contribution is 0.526. The maximum atomic E-state index is 3.52. The van der Waals surface area contributed by atoms with Gasteiger partial charge >= 0.3 is 0 Å². The van der Waals surface area contributed by atoms with E-state index in [4.69, 9.17) is 0 Å². The molecule has 0 saturated heterocycles. The molecule has 2 nitrogen and oxygen atoms in total. The monoisotopic (exact) mass is 274 g/mol. The van der Waals surface area contributed by atoms with Crippen molar-refractivity contribution in [2.24, 2.45) is 5.92 Å². The van der Waals surface area contributed by atoms with Crippen molar-refractivity contribution < 1.29 is 0 Å². The molecule has 0 radical (unpaired) electrons. The van der Waals surface area contributed by atoms with Crippen molar-refractivity contribution >= 4 is 5.69 Å². The Morgan fingerprint density at radius 2 is 2.00 bits per heavy atom. The quantitative estimate of drug-likeness (QED) is 0.724. The number of para-hydroxylation sites is 1. The van der Waals surface area contributed by atoms with Gasteiger partial charge in [0.1, 0.15) is 0 Å². The molecule has 2 rings (SSSR count). The molecule has 0 saturated carbocycles. The largest absolute Gasteiger partial charge is 0.368 e. The smallest absolute Gasteiger partial charge is 0.0402 e. The molecule has 1 aromatic rings. The number of anilines is 1. The van der Waals surface area contributed by atoms with Gasteiger partial charge in [-0.15, -0.1) is 0 Å². The van der Waals surface area contributed by atoms with Gasteiger partial charge in [0, 0.05) is 18.3 Å². The van der Waals surface area contributed by atoms with Crippen molar-refractivity contribution in [1.29, 1.82) is 0 Å². The van der Waals surface area contributed by atoms with E-state index in [-0.39, 0.29) is 0 Å². The fraction of sp³-hybridized carbons (Fsp3) is 0.667. The first-order valence-electron chi connectivity index (χ1n) is 8.23. The SMILES string of the molecule is CC(C)CNCCCCCN1c2ccccc2CC1C. The standard InChI is InChI=1S/C18H30N2/c1-15(2)14-19-11-7-4-8-12-20-16(3)13-17-9-5-6-10-18(17)20/h5-6,9-10,15-16,19H,4,7-8,11-14H2,1-3H3. The Hall–Kier alpha value is -1.02. The van der Waals surface area contributed by atoms with Gasteiger partial charge in [-0.05, 0) is 56.8 Å². The van der Waals surface area contributed by atoms with Gasteiger partial charge in [0.15, 0.2) is 0 Å². The summed E-state index contributed by atoms with van der Waals surface area (Å²) in [5.74, 6) is 0.761. The molecule has 2 heteroatoms. The van der Waals surface area contributed by atoms with Crippen LogP contribution in [0.25, 0.3) is 0 Å². The Labute approximate surface area is 124 Å². The third kappa shape index (κ3) is 4.24. The van der Waals surface area contributed by atoms with Crippen LogP contribution in [0, 0.1) is 5.92 Å². The highest BCUT2D eigenvalue weighted by Gasteiger charge is 2.24. The predicted octanol–water partition coefficient (Wildman–Crippen LogP) is 3.85. The molecule has 0 amide bonds.